The van der Waals surface area contributed by atoms with Crippen molar-refractivity contribution in [3.8, 4) is 11.5 Å². The van der Waals surface area contributed by atoms with Crippen LogP contribution < -0.4 is 15.2 Å². The molecule has 11 nitrogen and oxygen atoms in total. The first-order valence-corrected chi connectivity index (χ1v) is 12.2. The van der Waals surface area contributed by atoms with Gasteiger partial charge in [0.25, 0.3) is 0 Å². The highest BCUT2D eigenvalue weighted by Gasteiger charge is 2.23. The van der Waals surface area contributed by atoms with Crippen molar-refractivity contribution in [1.82, 2.24) is 0 Å². The average molecular weight is 526 g/mol. The fourth-order valence-corrected chi connectivity index (χ4v) is 2.61. The maximum atomic E-state index is 12.3. The maximum Gasteiger partial charge on any atom is 0.514 e. The molecule has 37 heavy (non-hydrogen) atoms. The molecule has 0 radical (unpaired) electrons. The third-order valence-corrected chi connectivity index (χ3v) is 5.42. The average Bonchev–Trinajstić information content (AvgIpc) is 2.78. The summed E-state index contributed by atoms with van der Waals surface area (Å²) in [6.07, 6.45) is -3.39. The van der Waals surface area contributed by atoms with Gasteiger partial charge in [-0.15, -0.1) is 0 Å². The van der Waals surface area contributed by atoms with E-state index < -0.39 is 48.6 Å². The Labute approximate surface area is 217 Å². The largest absolute Gasteiger partial charge is 0.514 e. The van der Waals surface area contributed by atoms with E-state index in [2.05, 4.69) is 0 Å². The van der Waals surface area contributed by atoms with Crippen LogP contribution in [0.3, 0.4) is 0 Å². The number of ether oxygens (including phenoxy) is 6. The summed E-state index contributed by atoms with van der Waals surface area (Å²) in [6, 6.07) is 3.29. The van der Waals surface area contributed by atoms with Crippen LogP contribution in [0.2, 0.25) is 0 Å². The van der Waals surface area contributed by atoms with Crippen molar-refractivity contribution in [2.24, 2.45) is 17.6 Å². The smallest absolute Gasteiger partial charge is 0.461 e. The van der Waals surface area contributed by atoms with Gasteiger partial charge in [0.15, 0.2) is 11.5 Å². The van der Waals surface area contributed by atoms with Gasteiger partial charge in [0, 0.05) is 6.92 Å². The van der Waals surface area contributed by atoms with Gasteiger partial charge in [0.05, 0.1) is 0 Å². The highest BCUT2D eigenvalue weighted by atomic mass is 16.8. The molecule has 0 saturated carbocycles. The number of carbonyl (C=O) groups excluding carboxylic acids is 4. The zero-order chi connectivity index (χ0) is 28.3. The van der Waals surface area contributed by atoms with Crippen molar-refractivity contribution < 1.29 is 47.6 Å². The molecule has 2 unspecified atom stereocenters. The van der Waals surface area contributed by atoms with Crippen molar-refractivity contribution in [3.05, 3.63) is 23.8 Å². The van der Waals surface area contributed by atoms with Crippen molar-refractivity contribution in [2.45, 2.75) is 86.2 Å². The monoisotopic (exact) mass is 525 g/mol. The lowest BCUT2D eigenvalue weighted by Crippen LogP contribution is -2.36. The Bertz CT molecular complexity index is 930. The molecule has 1 rings (SSSR count). The van der Waals surface area contributed by atoms with Crippen LogP contribution in [0.1, 0.15) is 61.0 Å². The number of hydrogen-bond acceptors (Lipinski definition) is 11. The highest BCUT2D eigenvalue weighted by molar-refractivity contribution is 5.76. The van der Waals surface area contributed by atoms with Gasteiger partial charge in [-0.25, -0.2) is 9.59 Å². The predicted molar refractivity (Wildman–Crippen MR) is 133 cm³/mol. The normalized spacial score (nSPS) is 14.2. The highest BCUT2D eigenvalue weighted by Crippen LogP contribution is 2.30. The Morgan fingerprint density at radius 3 is 1.78 bits per heavy atom. The lowest BCUT2D eigenvalue weighted by molar-refractivity contribution is -0.157. The van der Waals surface area contributed by atoms with E-state index in [4.69, 9.17) is 34.2 Å². The summed E-state index contributed by atoms with van der Waals surface area (Å²) in [5.41, 5.74) is 6.46. The van der Waals surface area contributed by atoms with E-state index in [9.17, 15) is 19.2 Å². The Balaban J connectivity index is 3.00. The molecule has 0 spiro atoms. The number of carbonyl (C=O) groups is 4. The minimum absolute atomic E-state index is 0.0176. The Kier molecular flexibility index (Phi) is 12.9. The third kappa shape index (κ3) is 12.0. The van der Waals surface area contributed by atoms with E-state index in [-0.39, 0.29) is 36.4 Å². The van der Waals surface area contributed by atoms with Gasteiger partial charge in [-0.2, -0.15) is 0 Å². The summed E-state index contributed by atoms with van der Waals surface area (Å²) in [5, 5.41) is 0. The van der Waals surface area contributed by atoms with Crippen LogP contribution in [0.25, 0.3) is 0 Å². The maximum absolute atomic E-state index is 12.3. The van der Waals surface area contributed by atoms with Crippen LogP contribution in [0.15, 0.2) is 18.2 Å². The number of hydrogen-bond donors (Lipinski definition) is 1. The van der Waals surface area contributed by atoms with Crippen LogP contribution in [-0.2, 0) is 35.0 Å². The van der Waals surface area contributed by atoms with Gasteiger partial charge < -0.3 is 34.2 Å². The molecule has 208 valence electrons. The predicted octanol–water partition coefficient (Wildman–Crippen LogP) is 4.17. The second-order valence-electron chi connectivity index (χ2n) is 9.48. The van der Waals surface area contributed by atoms with Crippen molar-refractivity contribution in [1.29, 1.82) is 0 Å². The Hall–Kier alpha value is -3.34. The summed E-state index contributed by atoms with van der Waals surface area (Å²) in [5.74, 6) is -1.28. The number of nitrogens with two attached hydrogens (primary N) is 1. The molecular formula is C26H39NO10. The fourth-order valence-electron chi connectivity index (χ4n) is 2.61. The summed E-state index contributed by atoms with van der Waals surface area (Å²) in [4.78, 5) is 47.9. The topological polar surface area (TPSA) is 150 Å². The van der Waals surface area contributed by atoms with Crippen molar-refractivity contribution in [3.63, 3.8) is 0 Å². The van der Waals surface area contributed by atoms with E-state index in [0.717, 1.165) is 0 Å². The number of esters is 2. The minimum atomic E-state index is -1.06. The lowest BCUT2D eigenvalue weighted by Gasteiger charge is -2.19. The van der Waals surface area contributed by atoms with Crippen LogP contribution in [0, 0.1) is 11.8 Å². The number of benzene rings is 1. The molecule has 2 N–H and O–H groups in total. The van der Waals surface area contributed by atoms with E-state index in [1.807, 2.05) is 27.7 Å². The van der Waals surface area contributed by atoms with E-state index in [0.29, 0.717) is 5.56 Å². The molecule has 0 amide bonds. The van der Waals surface area contributed by atoms with Crippen molar-refractivity contribution in [2.75, 3.05) is 6.61 Å². The first kappa shape index (κ1) is 31.7. The Morgan fingerprint density at radius 2 is 1.30 bits per heavy atom. The van der Waals surface area contributed by atoms with Gasteiger partial charge >= 0.3 is 24.2 Å². The molecule has 0 aliphatic carbocycles. The molecule has 0 aliphatic rings. The third-order valence-electron chi connectivity index (χ3n) is 5.42. The van der Waals surface area contributed by atoms with Crippen LogP contribution in [0.4, 0.5) is 9.59 Å². The van der Waals surface area contributed by atoms with E-state index >= 15 is 0 Å². The second-order valence-corrected chi connectivity index (χ2v) is 9.48. The molecule has 0 fully saturated rings. The first-order chi connectivity index (χ1) is 17.2. The lowest BCUT2D eigenvalue weighted by atomic mass is 10.1. The van der Waals surface area contributed by atoms with Crippen LogP contribution in [0.5, 0.6) is 11.5 Å². The fraction of sp³-hybridized carbons (Fsp3) is 0.615. The standard InChI is InChI=1S/C26H39NO10/c1-14(2)17(6)34-25(30)36-22-10-9-20(12-23(22)37-26(31)35-18(7)15(3)4)11-21(27)24(29)32-13-16(5)33-19(8)28/h9-10,12,14-18,21H,11,13,27H2,1-8H3/t16-,17?,18?,21-/m0/s1. The van der Waals surface area contributed by atoms with E-state index in [1.165, 1.54) is 19.1 Å². The molecular weight excluding hydrogens is 486 g/mol. The molecule has 1 aromatic rings. The van der Waals surface area contributed by atoms with Gasteiger partial charge in [-0.1, -0.05) is 33.8 Å². The molecule has 0 saturated heterocycles. The van der Waals surface area contributed by atoms with Crippen molar-refractivity contribution >= 4 is 24.2 Å². The zero-order valence-corrected chi connectivity index (χ0v) is 22.8. The van der Waals surface area contributed by atoms with Gasteiger partial charge in [-0.3, -0.25) is 9.59 Å². The molecule has 0 aromatic heterocycles. The van der Waals surface area contributed by atoms with Crippen LogP contribution >= 0.6 is 0 Å². The molecule has 0 aliphatic heterocycles. The summed E-state index contributed by atoms with van der Waals surface area (Å²) in [7, 11) is 0. The van der Waals surface area contributed by atoms with Crippen LogP contribution in [-0.4, -0.2) is 55.2 Å². The van der Waals surface area contributed by atoms with Gasteiger partial charge in [0.2, 0.25) is 0 Å². The summed E-state index contributed by atoms with van der Waals surface area (Å²) >= 11 is 0. The van der Waals surface area contributed by atoms with E-state index in [1.54, 1.807) is 26.8 Å². The quantitative estimate of drug-likeness (QED) is 0.238. The second kappa shape index (κ2) is 15.0. The minimum Gasteiger partial charge on any atom is -0.461 e. The molecule has 1 aromatic carbocycles. The molecule has 0 heterocycles. The molecule has 0 bridgehead atoms. The summed E-state index contributed by atoms with van der Waals surface area (Å²) < 4.78 is 31.1. The van der Waals surface area contributed by atoms with Gasteiger partial charge in [-0.05, 0) is 56.7 Å². The molecule has 11 heteroatoms. The molecule has 4 atom stereocenters. The first-order valence-electron chi connectivity index (χ1n) is 12.2. The summed E-state index contributed by atoms with van der Waals surface area (Å²) in [6.45, 7) is 13.7. The SMILES string of the molecule is CC(=O)O[C@@H](C)COC(=O)[C@@H](N)Cc1ccc(OC(=O)OC(C)C(C)C)c(OC(=O)OC(C)C(C)C)c1. The Morgan fingerprint density at radius 1 is 0.784 bits per heavy atom. The number of rotatable bonds is 12. The van der Waals surface area contributed by atoms with Gasteiger partial charge in [0.1, 0.15) is 31.0 Å². The zero-order valence-electron chi connectivity index (χ0n) is 22.8.